The molecule has 2 aromatic carbocycles. The number of imidazole rings is 1. The maximum absolute atomic E-state index is 11.1. The van der Waals surface area contributed by atoms with Gasteiger partial charge >= 0.3 is 0 Å². The number of hydrogen-bond acceptors (Lipinski definition) is 3. The molecule has 3 N–H and O–H groups in total. The average molecular weight is 306 g/mol. The van der Waals surface area contributed by atoms with Crippen LogP contribution in [0.1, 0.15) is 12.5 Å². The van der Waals surface area contributed by atoms with Gasteiger partial charge in [0.25, 0.3) is 0 Å². The first-order valence-corrected chi connectivity index (χ1v) is 7.36. The Morgan fingerprint density at radius 2 is 1.91 bits per heavy atom. The topological polar surface area (TPSA) is 72.9 Å². The van der Waals surface area contributed by atoms with Gasteiger partial charge in [0.1, 0.15) is 5.82 Å². The molecule has 0 bridgehead atoms. The van der Waals surface area contributed by atoms with Crippen molar-refractivity contribution in [1.29, 1.82) is 0 Å². The summed E-state index contributed by atoms with van der Waals surface area (Å²) in [6, 6.07) is 15.4. The zero-order chi connectivity index (χ0) is 16.2. The third kappa shape index (κ3) is 3.40. The van der Waals surface area contributed by atoms with Crippen LogP contribution in [0.4, 0.5) is 11.4 Å². The average Bonchev–Trinajstić information content (AvgIpc) is 2.98. The van der Waals surface area contributed by atoms with Gasteiger partial charge < -0.3 is 15.6 Å². The summed E-state index contributed by atoms with van der Waals surface area (Å²) in [5, 5.41) is 2.76. The summed E-state index contributed by atoms with van der Waals surface area (Å²) < 4.78 is 2.05. The highest BCUT2D eigenvalue weighted by Gasteiger charge is 2.08. The lowest BCUT2D eigenvalue weighted by Gasteiger charge is -2.10. The number of nitrogens with zero attached hydrogens (tertiary/aromatic N) is 2. The fourth-order valence-corrected chi connectivity index (χ4v) is 2.46. The summed E-state index contributed by atoms with van der Waals surface area (Å²) in [5.74, 6) is 0.779. The van der Waals surface area contributed by atoms with Crippen LogP contribution in [-0.4, -0.2) is 15.5 Å². The summed E-state index contributed by atoms with van der Waals surface area (Å²) in [6.07, 6.45) is 3.71. The highest BCUT2D eigenvalue weighted by atomic mass is 16.1. The zero-order valence-corrected chi connectivity index (χ0v) is 12.9. The molecule has 5 heteroatoms. The minimum atomic E-state index is -0.0844. The third-order valence-electron chi connectivity index (χ3n) is 3.57. The van der Waals surface area contributed by atoms with Crippen LogP contribution >= 0.6 is 0 Å². The van der Waals surface area contributed by atoms with Gasteiger partial charge in [-0.1, -0.05) is 18.2 Å². The van der Waals surface area contributed by atoms with Crippen LogP contribution in [0, 0.1) is 0 Å². The normalized spacial score (nSPS) is 10.5. The highest BCUT2D eigenvalue weighted by molar-refractivity contribution is 5.88. The zero-order valence-electron chi connectivity index (χ0n) is 12.9. The number of para-hydroxylation sites is 1. The number of nitrogens with two attached hydrogens (primary N) is 1. The number of aromatic nitrogens is 2. The van der Waals surface area contributed by atoms with E-state index in [9.17, 15) is 4.79 Å². The molecule has 5 nitrogen and oxygen atoms in total. The molecule has 1 heterocycles. The fourth-order valence-electron chi connectivity index (χ4n) is 2.46. The van der Waals surface area contributed by atoms with E-state index in [1.807, 2.05) is 54.7 Å². The van der Waals surface area contributed by atoms with Crippen LogP contribution in [0.2, 0.25) is 0 Å². The molecule has 0 aliphatic heterocycles. The van der Waals surface area contributed by atoms with Gasteiger partial charge in [-0.15, -0.1) is 0 Å². The third-order valence-corrected chi connectivity index (χ3v) is 3.57. The Labute approximate surface area is 134 Å². The number of carbonyl (C=O) groups excluding carboxylic acids is 1. The molecule has 1 amide bonds. The number of hydrogen-bond donors (Lipinski definition) is 2. The molecule has 0 saturated carbocycles. The second kappa shape index (κ2) is 6.36. The molecule has 0 atom stereocenters. The molecule has 0 aliphatic carbocycles. The molecule has 116 valence electrons. The number of nitrogen functional groups attached to an aromatic ring is 1. The molecular formula is C18H18N4O. The van der Waals surface area contributed by atoms with Crippen molar-refractivity contribution in [3.8, 4) is 11.4 Å². The molecule has 0 saturated heterocycles. The van der Waals surface area contributed by atoms with Crippen LogP contribution in [-0.2, 0) is 11.3 Å². The van der Waals surface area contributed by atoms with Crippen molar-refractivity contribution >= 4 is 17.3 Å². The van der Waals surface area contributed by atoms with Crippen molar-refractivity contribution in [1.82, 2.24) is 9.55 Å². The van der Waals surface area contributed by atoms with Crippen LogP contribution < -0.4 is 11.1 Å². The lowest BCUT2D eigenvalue weighted by molar-refractivity contribution is -0.114. The Kier molecular flexibility index (Phi) is 4.10. The summed E-state index contributed by atoms with van der Waals surface area (Å²) in [5.41, 5.74) is 9.60. The second-order valence-corrected chi connectivity index (χ2v) is 5.34. The predicted octanol–water partition coefficient (Wildman–Crippen LogP) is 3.14. The number of benzene rings is 2. The lowest BCUT2D eigenvalue weighted by atomic mass is 10.1. The van der Waals surface area contributed by atoms with Gasteiger partial charge in [-0.3, -0.25) is 4.79 Å². The Hall–Kier alpha value is -3.08. The molecule has 0 fully saturated rings. The molecule has 3 rings (SSSR count). The minimum absolute atomic E-state index is 0.0844. The quantitative estimate of drug-likeness (QED) is 0.727. The van der Waals surface area contributed by atoms with E-state index in [4.69, 9.17) is 5.73 Å². The second-order valence-electron chi connectivity index (χ2n) is 5.34. The summed E-state index contributed by atoms with van der Waals surface area (Å²) >= 11 is 0. The van der Waals surface area contributed by atoms with E-state index >= 15 is 0 Å². The van der Waals surface area contributed by atoms with E-state index in [-0.39, 0.29) is 5.91 Å². The number of amides is 1. The largest absolute Gasteiger partial charge is 0.398 e. The number of nitrogens with one attached hydrogen (secondary N) is 1. The molecule has 1 aromatic heterocycles. The van der Waals surface area contributed by atoms with Gasteiger partial charge in [-0.25, -0.2) is 4.98 Å². The molecule has 3 aromatic rings. The standard InChI is InChI=1S/C18H18N4O/c1-13(23)21-16-8-6-14(7-9-16)18-20-10-11-22(18)12-15-4-2-3-5-17(15)19/h2-11H,12,19H2,1H3,(H,21,23). The Morgan fingerprint density at radius 3 is 2.61 bits per heavy atom. The first kappa shape index (κ1) is 14.8. The van der Waals surface area contributed by atoms with Crippen LogP contribution in [0.5, 0.6) is 0 Å². The fraction of sp³-hybridized carbons (Fsp3) is 0.111. The van der Waals surface area contributed by atoms with E-state index in [0.717, 1.165) is 28.3 Å². The van der Waals surface area contributed by atoms with Crippen molar-refractivity contribution in [3.05, 3.63) is 66.5 Å². The van der Waals surface area contributed by atoms with Crippen molar-refractivity contribution in [3.63, 3.8) is 0 Å². The number of anilines is 2. The van der Waals surface area contributed by atoms with E-state index in [1.54, 1.807) is 6.20 Å². The maximum Gasteiger partial charge on any atom is 0.221 e. The van der Waals surface area contributed by atoms with Gasteiger partial charge in [-0.2, -0.15) is 0 Å². The highest BCUT2D eigenvalue weighted by Crippen LogP contribution is 2.22. The van der Waals surface area contributed by atoms with Gasteiger partial charge in [0.15, 0.2) is 0 Å². The summed E-state index contributed by atoms with van der Waals surface area (Å²) in [4.78, 5) is 15.5. The van der Waals surface area contributed by atoms with Gasteiger partial charge in [0.05, 0.1) is 6.54 Å². The van der Waals surface area contributed by atoms with Crippen molar-refractivity contribution in [2.45, 2.75) is 13.5 Å². The van der Waals surface area contributed by atoms with Crippen LogP contribution in [0.25, 0.3) is 11.4 Å². The summed E-state index contributed by atoms with van der Waals surface area (Å²) in [7, 11) is 0. The van der Waals surface area contributed by atoms with E-state index in [2.05, 4.69) is 14.9 Å². The first-order valence-electron chi connectivity index (χ1n) is 7.36. The van der Waals surface area contributed by atoms with E-state index < -0.39 is 0 Å². The molecule has 23 heavy (non-hydrogen) atoms. The monoisotopic (exact) mass is 306 g/mol. The minimum Gasteiger partial charge on any atom is -0.398 e. The van der Waals surface area contributed by atoms with Gasteiger partial charge in [0.2, 0.25) is 5.91 Å². The SMILES string of the molecule is CC(=O)Nc1ccc(-c2nccn2Cc2ccccc2N)cc1. The molecular weight excluding hydrogens is 288 g/mol. The molecule has 0 unspecified atom stereocenters. The van der Waals surface area contributed by atoms with E-state index in [0.29, 0.717) is 6.54 Å². The number of carbonyl (C=O) groups is 1. The summed E-state index contributed by atoms with van der Waals surface area (Å²) in [6.45, 7) is 2.15. The Morgan fingerprint density at radius 1 is 1.17 bits per heavy atom. The Balaban J connectivity index is 1.86. The maximum atomic E-state index is 11.1. The molecule has 0 radical (unpaired) electrons. The first-order chi connectivity index (χ1) is 11.1. The van der Waals surface area contributed by atoms with Crippen molar-refractivity contribution in [2.75, 3.05) is 11.1 Å². The van der Waals surface area contributed by atoms with Gasteiger partial charge in [-0.05, 0) is 35.9 Å². The molecule has 0 aliphatic rings. The van der Waals surface area contributed by atoms with Crippen molar-refractivity contribution < 1.29 is 4.79 Å². The van der Waals surface area contributed by atoms with Crippen LogP contribution in [0.15, 0.2) is 60.9 Å². The van der Waals surface area contributed by atoms with E-state index in [1.165, 1.54) is 6.92 Å². The van der Waals surface area contributed by atoms with Gasteiger partial charge in [0, 0.05) is 36.3 Å². The Bertz CT molecular complexity index is 821. The lowest BCUT2D eigenvalue weighted by Crippen LogP contribution is -2.06. The smallest absolute Gasteiger partial charge is 0.221 e. The molecule has 0 spiro atoms. The predicted molar refractivity (Wildman–Crippen MR) is 91.9 cm³/mol. The van der Waals surface area contributed by atoms with Crippen molar-refractivity contribution in [2.24, 2.45) is 0 Å². The number of rotatable bonds is 4. The van der Waals surface area contributed by atoms with Crippen LogP contribution in [0.3, 0.4) is 0 Å².